The fourth-order valence-corrected chi connectivity index (χ4v) is 6.04. The highest BCUT2D eigenvalue weighted by Gasteiger charge is 2.21. The molecular formula is C13H19BrClNO2S2. The average molecular weight is 401 g/mol. The number of hydrogen-bond acceptors (Lipinski definition) is 3. The molecule has 0 unspecified atom stereocenters. The van der Waals surface area contributed by atoms with Crippen LogP contribution in [0, 0.1) is 11.8 Å². The SMILES string of the molecule is CC1CCC(CCNS(=O)(=O)c2cc(Cl)c(Br)s2)CC1. The summed E-state index contributed by atoms with van der Waals surface area (Å²) >= 11 is 10.3. The van der Waals surface area contributed by atoms with E-state index < -0.39 is 10.0 Å². The summed E-state index contributed by atoms with van der Waals surface area (Å²) in [6, 6.07) is 1.49. The van der Waals surface area contributed by atoms with Gasteiger partial charge in [0.15, 0.2) is 0 Å². The Bertz CT molecular complexity index is 531. The van der Waals surface area contributed by atoms with Crippen molar-refractivity contribution in [2.24, 2.45) is 11.8 Å². The first-order chi connectivity index (χ1) is 9.38. The van der Waals surface area contributed by atoms with E-state index in [1.807, 2.05) is 0 Å². The van der Waals surface area contributed by atoms with E-state index in [2.05, 4.69) is 27.6 Å². The van der Waals surface area contributed by atoms with Gasteiger partial charge in [-0.15, -0.1) is 11.3 Å². The minimum Gasteiger partial charge on any atom is -0.210 e. The molecular weight excluding hydrogens is 382 g/mol. The third kappa shape index (κ3) is 4.44. The Morgan fingerprint density at radius 2 is 2.05 bits per heavy atom. The van der Waals surface area contributed by atoms with Crippen LogP contribution in [0.15, 0.2) is 14.1 Å². The lowest BCUT2D eigenvalue weighted by atomic mass is 9.81. The number of hydrogen-bond donors (Lipinski definition) is 1. The Morgan fingerprint density at radius 1 is 1.40 bits per heavy atom. The molecule has 114 valence electrons. The number of sulfonamides is 1. The van der Waals surface area contributed by atoms with E-state index in [1.165, 1.54) is 31.7 Å². The van der Waals surface area contributed by atoms with Gasteiger partial charge in [0.05, 0.1) is 8.81 Å². The van der Waals surface area contributed by atoms with Crippen molar-refractivity contribution in [1.82, 2.24) is 4.72 Å². The van der Waals surface area contributed by atoms with Crippen molar-refractivity contribution in [2.75, 3.05) is 6.54 Å². The molecule has 1 N–H and O–H groups in total. The van der Waals surface area contributed by atoms with Crippen LogP contribution in [-0.4, -0.2) is 15.0 Å². The zero-order chi connectivity index (χ0) is 14.8. The first kappa shape index (κ1) is 16.7. The molecule has 1 fully saturated rings. The van der Waals surface area contributed by atoms with Gasteiger partial charge in [-0.2, -0.15) is 0 Å². The largest absolute Gasteiger partial charge is 0.250 e. The molecule has 1 aromatic rings. The predicted octanol–water partition coefficient (Wildman–Crippen LogP) is 4.66. The molecule has 1 heterocycles. The minimum atomic E-state index is -3.42. The predicted molar refractivity (Wildman–Crippen MR) is 88.0 cm³/mol. The summed E-state index contributed by atoms with van der Waals surface area (Å²) in [5, 5.41) is 0.441. The fraction of sp³-hybridized carbons (Fsp3) is 0.692. The molecule has 0 saturated heterocycles. The quantitative estimate of drug-likeness (QED) is 0.781. The third-order valence-electron chi connectivity index (χ3n) is 3.87. The van der Waals surface area contributed by atoms with Gasteiger partial charge in [0.25, 0.3) is 0 Å². The third-order valence-corrected chi connectivity index (χ3v) is 8.28. The Labute approximate surface area is 138 Å². The molecule has 2 rings (SSSR count). The van der Waals surface area contributed by atoms with Crippen LogP contribution >= 0.6 is 38.9 Å². The van der Waals surface area contributed by atoms with Gasteiger partial charge in [0.2, 0.25) is 10.0 Å². The number of rotatable bonds is 5. The van der Waals surface area contributed by atoms with Crippen LogP contribution in [-0.2, 0) is 10.0 Å². The molecule has 1 aliphatic carbocycles. The maximum atomic E-state index is 12.1. The molecule has 0 atom stereocenters. The molecule has 20 heavy (non-hydrogen) atoms. The lowest BCUT2D eigenvalue weighted by Crippen LogP contribution is -2.26. The second-order valence-corrected chi connectivity index (χ2v) is 10.3. The first-order valence-electron chi connectivity index (χ1n) is 6.83. The van der Waals surface area contributed by atoms with E-state index in [4.69, 9.17) is 11.6 Å². The van der Waals surface area contributed by atoms with Gasteiger partial charge in [-0.3, -0.25) is 0 Å². The fourth-order valence-electron chi connectivity index (χ4n) is 2.55. The summed E-state index contributed by atoms with van der Waals surface area (Å²) < 4.78 is 27.8. The lowest BCUT2D eigenvalue weighted by molar-refractivity contribution is 0.278. The number of halogens is 2. The molecule has 0 bridgehead atoms. The van der Waals surface area contributed by atoms with E-state index in [0.717, 1.165) is 23.7 Å². The van der Waals surface area contributed by atoms with Crippen molar-refractivity contribution in [1.29, 1.82) is 0 Å². The van der Waals surface area contributed by atoms with E-state index in [-0.39, 0.29) is 4.21 Å². The Kier molecular flexibility index (Phi) is 5.94. The molecule has 3 nitrogen and oxygen atoms in total. The van der Waals surface area contributed by atoms with E-state index in [1.54, 1.807) is 0 Å². The number of thiophene rings is 1. The Hall–Kier alpha value is 0.380. The van der Waals surface area contributed by atoms with Crippen molar-refractivity contribution >= 4 is 48.9 Å². The Morgan fingerprint density at radius 3 is 2.60 bits per heavy atom. The van der Waals surface area contributed by atoms with Gasteiger partial charge in [0.1, 0.15) is 4.21 Å². The zero-order valence-electron chi connectivity index (χ0n) is 11.4. The van der Waals surface area contributed by atoms with Crippen LogP contribution in [0.5, 0.6) is 0 Å². The van der Waals surface area contributed by atoms with Crippen molar-refractivity contribution in [2.45, 2.75) is 43.2 Å². The second kappa shape index (κ2) is 7.09. The van der Waals surface area contributed by atoms with E-state index in [0.29, 0.717) is 21.3 Å². The van der Waals surface area contributed by atoms with Gasteiger partial charge < -0.3 is 0 Å². The molecule has 0 radical (unpaired) electrons. The van der Waals surface area contributed by atoms with Crippen LogP contribution in [0.2, 0.25) is 5.02 Å². The molecule has 1 saturated carbocycles. The maximum Gasteiger partial charge on any atom is 0.250 e. The summed E-state index contributed by atoms with van der Waals surface area (Å²) in [6.45, 7) is 2.80. The van der Waals surface area contributed by atoms with Crippen molar-refractivity contribution in [3.05, 3.63) is 14.9 Å². The minimum absolute atomic E-state index is 0.270. The van der Waals surface area contributed by atoms with Crippen LogP contribution in [0.1, 0.15) is 39.0 Å². The highest BCUT2D eigenvalue weighted by Crippen LogP contribution is 2.34. The standard InChI is InChI=1S/C13H19BrClNO2S2/c1-9-2-4-10(5-3-9)6-7-16-20(17,18)12-8-11(15)13(14)19-12/h8-10,16H,2-7H2,1H3. The Balaban J connectivity index is 1.84. The lowest BCUT2D eigenvalue weighted by Gasteiger charge is -2.25. The second-order valence-electron chi connectivity index (χ2n) is 5.50. The van der Waals surface area contributed by atoms with Gasteiger partial charge in [-0.1, -0.05) is 44.2 Å². The topological polar surface area (TPSA) is 46.2 Å². The van der Waals surface area contributed by atoms with Crippen molar-refractivity contribution < 1.29 is 8.42 Å². The van der Waals surface area contributed by atoms with E-state index >= 15 is 0 Å². The van der Waals surface area contributed by atoms with Gasteiger partial charge in [0, 0.05) is 6.54 Å². The molecule has 0 amide bonds. The molecule has 0 spiro atoms. The summed E-state index contributed by atoms with van der Waals surface area (Å²) in [6.07, 6.45) is 5.90. The molecule has 1 aliphatic rings. The van der Waals surface area contributed by atoms with Crippen molar-refractivity contribution in [3.8, 4) is 0 Å². The molecule has 0 aliphatic heterocycles. The van der Waals surface area contributed by atoms with Crippen LogP contribution in [0.4, 0.5) is 0 Å². The monoisotopic (exact) mass is 399 g/mol. The highest BCUT2D eigenvalue weighted by molar-refractivity contribution is 9.11. The highest BCUT2D eigenvalue weighted by atomic mass is 79.9. The summed E-state index contributed by atoms with van der Waals surface area (Å²) in [4.78, 5) is 0. The zero-order valence-corrected chi connectivity index (χ0v) is 15.3. The van der Waals surface area contributed by atoms with E-state index in [9.17, 15) is 8.42 Å². The van der Waals surface area contributed by atoms with Crippen LogP contribution in [0.25, 0.3) is 0 Å². The normalized spacial score (nSPS) is 23.9. The van der Waals surface area contributed by atoms with Gasteiger partial charge >= 0.3 is 0 Å². The average Bonchev–Trinajstić information content (AvgIpc) is 2.73. The summed E-state index contributed by atoms with van der Waals surface area (Å²) in [5.41, 5.74) is 0. The van der Waals surface area contributed by atoms with Crippen molar-refractivity contribution in [3.63, 3.8) is 0 Å². The maximum absolute atomic E-state index is 12.1. The van der Waals surface area contributed by atoms with Gasteiger partial charge in [-0.05, 0) is 40.3 Å². The van der Waals surface area contributed by atoms with Gasteiger partial charge in [-0.25, -0.2) is 13.1 Å². The molecule has 0 aromatic carbocycles. The molecule has 7 heteroatoms. The summed E-state index contributed by atoms with van der Waals surface area (Å²) in [5.74, 6) is 1.49. The van der Waals surface area contributed by atoms with Crippen LogP contribution < -0.4 is 4.72 Å². The number of nitrogens with one attached hydrogen (secondary N) is 1. The molecule has 1 aromatic heterocycles. The summed E-state index contributed by atoms with van der Waals surface area (Å²) in [7, 11) is -3.42. The smallest absolute Gasteiger partial charge is 0.210 e. The first-order valence-corrected chi connectivity index (χ1v) is 10.3. The van der Waals surface area contributed by atoms with Crippen LogP contribution in [0.3, 0.4) is 0 Å².